The number of halogens is 3. The van der Waals surface area contributed by atoms with Gasteiger partial charge in [-0.1, -0.05) is 53.0 Å². The van der Waals surface area contributed by atoms with E-state index >= 15 is 0 Å². The average Bonchev–Trinajstić information content (AvgIpc) is 2.92. The summed E-state index contributed by atoms with van der Waals surface area (Å²) in [7, 11) is 0. The van der Waals surface area contributed by atoms with Crippen LogP contribution in [0.3, 0.4) is 0 Å². The Labute approximate surface area is 145 Å². The van der Waals surface area contributed by atoms with Crippen molar-refractivity contribution >= 4 is 34.8 Å². The molecule has 0 saturated heterocycles. The van der Waals surface area contributed by atoms with Crippen molar-refractivity contribution in [3.05, 3.63) is 68.7 Å². The Morgan fingerprint density at radius 3 is 2.14 bits per heavy atom. The highest BCUT2D eigenvalue weighted by Gasteiger charge is 2.36. The van der Waals surface area contributed by atoms with Crippen LogP contribution in [0.15, 0.2) is 42.5 Å². The van der Waals surface area contributed by atoms with Crippen LogP contribution >= 0.6 is 34.8 Å². The maximum atomic E-state index is 9.58. The maximum Gasteiger partial charge on any atom is 0.0459 e. The van der Waals surface area contributed by atoms with Crippen LogP contribution in [-0.2, 0) is 0 Å². The lowest BCUT2D eigenvalue weighted by Gasteiger charge is -2.21. The van der Waals surface area contributed by atoms with E-state index in [-0.39, 0.29) is 6.61 Å². The molecule has 22 heavy (non-hydrogen) atoms. The van der Waals surface area contributed by atoms with E-state index in [1.54, 1.807) is 6.07 Å². The van der Waals surface area contributed by atoms with Gasteiger partial charge in [0.2, 0.25) is 0 Å². The number of hydrogen-bond donors (Lipinski definition) is 1. The minimum absolute atomic E-state index is 0.214. The molecule has 0 spiro atoms. The molecule has 4 heteroatoms. The van der Waals surface area contributed by atoms with Gasteiger partial charge in [0, 0.05) is 21.7 Å². The van der Waals surface area contributed by atoms with Crippen LogP contribution in [0.5, 0.6) is 0 Å². The molecule has 0 aliphatic heterocycles. The van der Waals surface area contributed by atoms with Gasteiger partial charge in [-0.15, -0.1) is 0 Å². The highest BCUT2D eigenvalue weighted by atomic mass is 35.5. The molecular formula is C18H17Cl3O. The van der Waals surface area contributed by atoms with E-state index in [1.165, 1.54) is 5.56 Å². The van der Waals surface area contributed by atoms with Crippen LogP contribution in [0.4, 0.5) is 0 Å². The van der Waals surface area contributed by atoms with E-state index < -0.39 is 0 Å². The molecule has 0 heterocycles. The van der Waals surface area contributed by atoms with Crippen molar-refractivity contribution < 1.29 is 5.11 Å². The Hall–Kier alpha value is -0.730. The van der Waals surface area contributed by atoms with Crippen molar-refractivity contribution in [3.8, 4) is 0 Å². The molecule has 2 aromatic carbocycles. The molecule has 3 rings (SSSR count). The summed E-state index contributed by atoms with van der Waals surface area (Å²) < 4.78 is 0. The first kappa shape index (κ1) is 16.1. The lowest BCUT2D eigenvalue weighted by molar-refractivity contribution is 0.228. The van der Waals surface area contributed by atoms with Crippen molar-refractivity contribution in [3.63, 3.8) is 0 Å². The standard InChI is InChI=1S/C18H17Cl3O/c19-13-3-1-12(2-4-13)16-7-11(10-22)8-17(16)15-6-5-14(20)9-18(15)21/h1-6,9,11,16-17,22H,7-8,10H2/t11?,16-,17+/m1/s1. The van der Waals surface area contributed by atoms with Gasteiger partial charge in [-0.05, 0) is 66.0 Å². The molecule has 1 N–H and O–H groups in total. The van der Waals surface area contributed by atoms with Crippen LogP contribution in [0.1, 0.15) is 35.8 Å². The second kappa shape index (κ2) is 6.80. The third-order valence-corrected chi connectivity index (χ3v) is 5.39. The van der Waals surface area contributed by atoms with Gasteiger partial charge in [0.25, 0.3) is 0 Å². The Morgan fingerprint density at radius 1 is 0.864 bits per heavy atom. The van der Waals surface area contributed by atoms with E-state index in [0.717, 1.165) is 23.4 Å². The van der Waals surface area contributed by atoms with Gasteiger partial charge in [-0.2, -0.15) is 0 Å². The minimum atomic E-state index is 0.214. The highest BCUT2D eigenvalue weighted by molar-refractivity contribution is 6.35. The minimum Gasteiger partial charge on any atom is -0.396 e. The van der Waals surface area contributed by atoms with Gasteiger partial charge < -0.3 is 5.11 Å². The number of hydrogen-bond acceptors (Lipinski definition) is 1. The molecule has 1 unspecified atom stereocenters. The fourth-order valence-electron chi connectivity index (χ4n) is 3.52. The van der Waals surface area contributed by atoms with Gasteiger partial charge in [0.15, 0.2) is 0 Å². The monoisotopic (exact) mass is 354 g/mol. The summed E-state index contributed by atoms with van der Waals surface area (Å²) in [6, 6.07) is 13.7. The van der Waals surface area contributed by atoms with Crippen molar-refractivity contribution in [2.45, 2.75) is 24.7 Å². The Balaban J connectivity index is 1.97. The quantitative estimate of drug-likeness (QED) is 0.725. The molecule has 1 saturated carbocycles. The summed E-state index contributed by atoms with van der Waals surface area (Å²) in [6.45, 7) is 0.214. The summed E-state index contributed by atoms with van der Waals surface area (Å²) in [5.41, 5.74) is 2.36. The summed E-state index contributed by atoms with van der Waals surface area (Å²) >= 11 is 18.4. The fourth-order valence-corrected chi connectivity index (χ4v) is 4.19. The van der Waals surface area contributed by atoms with Crippen molar-refractivity contribution in [2.24, 2.45) is 5.92 Å². The zero-order valence-electron chi connectivity index (χ0n) is 12.0. The third kappa shape index (κ3) is 3.28. The van der Waals surface area contributed by atoms with Crippen molar-refractivity contribution in [1.82, 2.24) is 0 Å². The molecule has 3 atom stereocenters. The Bertz CT molecular complexity index is 654. The zero-order valence-corrected chi connectivity index (χ0v) is 14.2. The highest BCUT2D eigenvalue weighted by Crippen LogP contribution is 2.50. The van der Waals surface area contributed by atoms with E-state index in [4.69, 9.17) is 34.8 Å². The molecule has 1 aliphatic rings. The topological polar surface area (TPSA) is 20.2 Å². The second-order valence-corrected chi connectivity index (χ2v) is 7.23. The number of aliphatic hydroxyl groups is 1. The lowest BCUT2D eigenvalue weighted by atomic mass is 9.84. The normalized spacial score (nSPS) is 24.6. The largest absolute Gasteiger partial charge is 0.396 e. The van der Waals surface area contributed by atoms with Gasteiger partial charge in [-0.25, -0.2) is 0 Å². The number of aliphatic hydroxyl groups excluding tert-OH is 1. The summed E-state index contributed by atoms with van der Waals surface area (Å²) in [6.07, 6.45) is 1.90. The maximum absolute atomic E-state index is 9.58. The summed E-state index contributed by atoms with van der Waals surface area (Å²) in [5.74, 6) is 0.939. The molecule has 2 aromatic rings. The molecule has 1 fully saturated rings. The SMILES string of the molecule is OCC1C[C@H](c2ccc(Cl)cc2)[C@H](c2ccc(Cl)cc2Cl)C1. The van der Waals surface area contributed by atoms with E-state index in [0.29, 0.717) is 27.8 Å². The van der Waals surface area contributed by atoms with Crippen LogP contribution in [0.25, 0.3) is 0 Å². The predicted octanol–water partition coefficient (Wildman–Crippen LogP) is 5.92. The number of benzene rings is 2. The molecular weight excluding hydrogens is 339 g/mol. The van der Waals surface area contributed by atoms with Crippen LogP contribution in [0.2, 0.25) is 15.1 Å². The average molecular weight is 356 g/mol. The summed E-state index contributed by atoms with van der Waals surface area (Å²) in [4.78, 5) is 0. The molecule has 0 bridgehead atoms. The molecule has 0 radical (unpaired) electrons. The zero-order chi connectivity index (χ0) is 15.7. The first-order valence-corrected chi connectivity index (χ1v) is 8.53. The Morgan fingerprint density at radius 2 is 1.50 bits per heavy atom. The van der Waals surface area contributed by atoms with Gasteiger partial charge in [-0.3, -0.25) is 0 Å². The lowest BCUT2D eigenvalue weighted by Crippen LogP contribution is -2.05. The molecule has 116 valence electrons. The Kier molecular flexibility index (Phi) is 4.99. The van der Waals surface area contributed by atoms with Crippen LogP contribution in [-0.4, -0.2) is 11.7 Å². The number of rotatable bonds is 3. The van der Waals surface area contributed by atoms with Gasteiger partial charge in [0.1, 0.15) is 0 Å². The van der Waals surface area contributed by atoms with Crippen molar-refractivity contribution in [2.75, 3.05) is 6.61 Å². The first-order chi connectivity index (χ1) is 10.6. The van der Waals surface area contributed by atoms with Gasteiger partial charge in [0.05, 0.1) is 0 Å². The fraction of sp³-hybridized carbons (Fsp3) is 0.333. The molecule has 1 aliphatic carbocycles. The van der Waals surface area contributed by atoms with Crippen molar-refractivity contribution in [1.29, 1.82) is 0 Å². The van der Waals surface area contributed by atoms with E-state index in [1.807, 2.05) is 24.3 Å². The van der Waals surface area contributed by atoms with E-state index in [2.05, 4.69) is 12.1 Å². The van der Waals surface area contributed by atoms with E-state index in [9.17, 15) is 5.11 Å². The van der Waals surface area contributed by atoms with Gasteiger partial charge >= 0.3 is 0 Å². The second-order valence-electron chi connectivity index (χ2n) is 5.95. The molecule has 0 amide bonds. The van der Waals surface area contributed by atoms with Crippen LogP contribution < -0.4 is 0 Å². The molecule has 0 aromatic heterocycles. The third-order valence-electron chi connectivity index (χ3n) is 4.58. The smallest absolute Gasteiger partial charge is 0.0459 e. The van der Waals surface area contributed by atoms with Crippen LogP contribution in [0, 0.1) is 5.92 Å². The predicted molar refractivity (Wildman–Crippen MR) is 93.2 cm³/mol. The molecule has 1 nitrogen and oxygen atoms in total. The first-order valence-electron chi connectivity index (χ1n) is 7.39. The summed E-state index contributed by atoms with van der Waals surface area (Å²) in [5, 5.41) is 11.7.